The van der Waals surface area contributed by atoms with E-state index in [1.54, 1.807) is 0 Å². The van der Waals surface area contributed by atoms with Gasteiger partial charge in [0.1, 0.15) is 5.60 Å². The molecule has 1 aromatic rings. The van der Waals surface area contributed by atoms with Crippen LogP contribution in [0.5, 0.6) is 0 Å². The minimum Gasteiger partial charge on any atom is -0.368 e. The molecule has 0 unspecified atom stereocenters. The number of carbonyl (C=O) groups excluding carboxylic acids is 1. The van der Waals surface area contributed by atoms with E-state index in [9.17, 15) is 9.59 Å². The maximum absolute atomic E-state index is 11.4. The second-order valence-corrected chi connectivity index (χ2v) is 3.81. The van der Waals surface area contributed by atoms with Gasteiger partial charge in [-0.2, -0.15) is 0 Å². The van der Waals surface area contributed by atoms with Crippen molar-refractivity contribution in [3.8, 4) is 0 Å². The number of epoxide rings is 1. The van der Waals surface area contributed by atoms with E-state index in [4.69, 9.17) is 4.74 Å². The molecule has 2 heterocycles. The molecule has 1 aromatic heterocycles. The Labute approximate surface area is 80.9 Å². The van der Waals surface area contributed by atoms with Crippen molar-refractivity contribution in [2.75, 3.05) is 6.61 Å². The molecule has 0 saturated carbocycles. The van der Waals surface area contributed by atoms with Crippen LogP contribution in [0, 0.1) is 0 Å². The van der Waals surface area contributed by atoms with E-state index in [0.29, 0.717) is 13.2 Å². The Morgan fingerprint density at radius 2 is 2.36 bits per heavy atom. The van der Waals surface area contributed by atoms with Crippen molar-refractivity contribution in [2.24, 2.45) is 0 Å². The van der Waals surface area contributed by atoms with Gasteiger partial charge in [-0.25, -0.2) is 9.36 Å². The van der Waals surface area contributed by atoms with Crippen LogP contribution in [0.3, 0.4) is 0 Å². The summed E-state index contributed by atoms with van der Waals surface area (Å²) in [5.74, 6) is -0.170. The Morgan fingerprint density at radius 1 is 1.71 bits per heavy atom. The molecule has 0 spiro atoms. The first kappa shape index (κ1) is 9.21. The highest BCUT2D eigenvalue weighted by atomic mass is 16.6. The lowest BCUT2D eigenvalue weighted by atomic mass is 10.2. The Morgan fingerprint density at radius 3 is 2.86 bits per heavy atom. The molecule has 2 rings (SSSR count). The third kappa shape index (κ3) is 1.50. The van der Waals surface area contributed by atoms with Gasteiger partial charge in [0, 0.05) is 19.2 Å². The normalized spacial score (nSPS) is 25.0. The average Bonchev–Trinajstić information content (AvgIpc) is 2.70. The summed E-state index contributed by atoms with van der Waals surface area (Å²) in [6.07, 6.45) is 1.48. The SMILES string of the molecule is CC(=O)n1ccc(=O)n1C[C@]1(C)CO1. The van der Waals surface area contributed by atoms with Gasteiger partial charge in [0.05, 0.1) is 13.2 Å². The lowest BCUT2D eigenvalue weighted by molar-refractivity contribution is 0.0895. The zero-order valence-electron chi connectivity index (χ0n) is 8.19. The number of aromatic nitrogens is 2. The number of rotatable bonds is 2. The summed E-state index contributed by atoms with van der Waals surface area (Å²) in [4.78, 5) is 22.5. The Kier molecular flexibility index (Phi) is 1.85. The first-order chi connectivity index (χ1) is 6.52. The largest absolute Gasteiger partial charge is 0.368 e. The fourth-order valence-electron chi connectivity index (χ4n) is 1.37. The van der Waals surface area contributed by atoms with Gasteiger partial charge < -0.3 is 4.74 Å². The highest BCUT2D eigenvalue weighted by molar-refractivity contribution is 5.75. The van der Waals surface area contributed by atoms with Gasteiger partial charge in [0.2, 0.25) is 5.91 Å². The van der Waals surface area contributed by atoms with Crippen LogP contribution in [-0.4, -0.2) is 27.5 Å². The van der Waals surface area contributed by atoms with Gasteiger partial charge in [0.25, 0.3) is 5.56 Å². The molecule has 5 nitrogen and oxygen atoms in total. The lowest BCUT2D eigenvalue weighted by Crippen LogP contribution is -2.31. The van der Waals surface area contributed by atoms with Crippen molar-refractivity contribution in [3.63, 3.8) is 0 Å². The smallest absolute Gasteiger partial charge is 0.267 e. The summed E-state index contributed by atoms with van der Waals surface area (Å²) in [5, 5.41) is 0. The van der Waals surface area contributed by atoms with Crippen LogP contribution >= 0.6 is 0 Å². The van der Waals surface area contributed by atoms with Crippen LogP contribution in [0.4, 0.5) is 0 Å². The van der Waals surface area contributed by atoms with E-state index in [1.165, 1.54) is 28.6 Å². The Bertz CT molecular complexity index is 426. The van der Waals surface area contributed by atoms with Crippen LogP contribution in [0.2, 0.25) is 0 Å². The van der Waals surface area contributed by atoms with E-state index in [1.807, 2.05) is 6.92 Å². The topological polar surface area (TPSA) is 56.5 Å². The first-order valence-corrected chi connectivity index (χ1v) is 4.45. The molecule has 1 atom stereocenters. The molecular formula is C9H12N2O3. The standard InChI is InChI=1S/C9H12N2O3/c1-7(12)10-4-3-8(13)11(10)5-9(2)6-14-9/h3-4H,5-6H2,1-2H3/t9-/m1/s1. The van der Waals surface area contributed by atoms with Crippen molar-refractivity contribution in [2.45, 2.75) is 26.0 Å². The van der Waals surface area contributed by atoms with E-state index < -0.39 is 0 Å². The summed E-state index contributed by atoms with van der Waals surface area (Å²) in [6, 6.07) is 1.38. The third-order valence-corrected chi connectivity index (χ3v) is 2.32. The van der Waals surface area contributed by atoms with Gasteiger partial charge in [-0.05, 0) is 6.92 Å². The molecule has 1 aliphatic heterocycles. The maximum atomic E-state index is 11.4. The van der Waals surface area contributed by atoms with Gasteiger partial charge >= 0.3 is 0 Å². The third-order valence-electron chi connectivity index (χ3n) is 2.32. The predicted octanol–water partition coefficient (Wildman–Crippen LogP) is 0.0988. The van der Waals surface area contributed by atoms with Crippen LogP contribution in [0.15, 0.2) is 17.1 Å². The van der Waals surface area contributed by atoms with Crippen molar-refractivity contribution < 1.29 is 9.53 Å². The van der Waals surface area contributed by atoms with Crippen molar-refractivity contribution in [1.82, 2.24) is 9.36 Å². The van der Waals surface area contributed by atoms with E-state index >= 15 is 0 Å². The fraction of sp³-hybridized carbons (Fsp3) is 0.556. The van der Waals surface area contributed by atoms with Gasteiger partial charge in [-0.1, -0.05) is 0 Å². The monoisotopic (exact) mass is 196 g/mol. The van der Waals surface area contributed by atoms with Crippen LogP contribution in [-0.2, 0) is 11.3 Å². The Balaban J connectivity index is 2.35. The molecule has 1 saturated heterocycles. The second kappa shape index (κ2) is 2.81. The summed E-state index contributed by atoms with van der Waals surface area (Å²) in [5.41, 5.74) is -0.438. The zero-order valence-corrected chi connectivity index (χ0v) is 8.19. The molecule has 5 heteroatoms. The minimum atomic E-state index is -0.268. The number of hydrogen-bond acceptors (Lipinski definition) is 3. The van der Waals surface area contributed by atoms with Gasteiger partial charge in [-0.15, -0.1) is 0 Å². The molecule has 0 amide bonds. The molecule has 0 aromatic carbocycles. The summed E-state index contributed by atoms with van der Waals surface area (Å²) >= 11 is 0. The van der Waals surface area contributed by atoms with Gasteiger partial charge in [0.15, 0.2) is 0 Å². The number of hydrogen-bond donors (Lipinski definition) is 0. The predicted molar refractivity (Wildman–Crippen MR) is 49.3 cm³/mol. The Hall–Kier alpha value is -1.36. The zero-order chi connectivity index (χ0) is 10.3. The van der Waals surface area contributed by atoms with Crippen LogP contribution in [0.1, 0.15) is 18.6 Å². The van der Waals surface area contributed by atoms with Crippen LogP contribution in [0.25, 0.3) is 0 Å². The molecule has 0 bridgehead atoms. The van der Waals surface area contributed by atoms with E-state index in [-0.39, 0.29) is 17.1 Å². The highest BCUT2D eigenvalue weighted by Gasteiger charge is 2.40. The molecule has 0 aliphatic carbocycles. The highest BCUT2D eigenvalue weighted by Crippen LogP contribution is 2.27. The molecular weight excluding hydrogens is 184 g/mol. The quantitative estimate of drug-likeness (QED) is 0.630. The van der Waals surface area contributed by atoms with Crippen molar-refractivity contribution >= 4 is 5.91 Å². The summed E-state index contributed by atoms with van der Waals surface area (Å²) in [6.45, 7) is 4.41. The molecule has 1 fully saturated rings. The fourth-order valence-corrected chi connectivity index (χ4v) is 1.37. The molecule has 0 N–H and O–H groups in total. The molecule has 14 heavy (non-hydrogen) atoms. The minimum absolute atomic E-state index is 0.170. The van der Waals surface area contributed by atoms with Gasteiger partial charge in [-0.3, -0.25) is 9.59 Å². The van der Waals surface area contributed by atoms with E-state index in [2.05, 4.69) is 0 Å². The summed E-state index contributed by atoms with van der Waals surface area (Å²) < 4.78 is 7.89. The van der Waals surface area contributed by atoms with Crippen molar-refractivity contribution in [3.05, 3.63) is 22.6 Å². The molecule has 0 radical (unpaired) electrons. The maximum Gasteiger partial charge on any atom is 0.267 e. The van der Waals surface area contributed by atoms with Crippen LogP contribution < -0.4 is 5.56 Å². The number of ether oxygens (including phenoxy) is 1. The number of nitrogens with zero attached hydrogens (tertiary/aromatic N) is 2. The number of carbonyl (C=O) groups is 1. The van der Waals surface area contributed by atoms with Crippen molar-refractivity contribution in [1.29, 1.82) is 0 Å². The van der Waals surface area contributed by atoms with E-state index in [0.717, 1.165) is 0 Å². The average molecular weight is 196 g/mol. The lowest BCUT2D eigenvalue weighted by Gasteiger charge is -2.10. The second-order valence-electron chi connectivity index (χ2n) is 3.81. The molecule has 76 valence electrons. The first-order valence-electron chi connectivity index (χ1n) is 4.45. The summed E-state index contributed by atoms with van der Waals surface area (Å²) in [7, 11) is 0. The molecule has 1 aliphatic rings.